The Hall–Kier alpha value is 0.290. The zero-order valence-corrected chi connectivity index (χ0v) is 11.8. The summed E-state index contributed by atoms with van der Waals surface area (Å²) in [6.45, 7) is 2.28. The highest BCUT2D eigenvalue weighted by molar-refractivity contribution is 6.20. The van der Waals surface area contributed by atoms with E-state index in [2.05, 4.69) is 6.92 Å². The van der Waals surface area contributed by atoms with E-state index in [4.69, 9.17) is 11.6 Å². The van der Waals surface area contributed by atoms with Crippen LogP contribution in [0.1, 0.15) is 84.0 Å². The fraction of sp³-hybridized carbons (Fsp3) is 1.00. The first-order valence-electron chi connectivity index (χ1n) is 7.48. The molecule has 0 aromatic heterocycles. The van der Waals surface area contributed by atoms with E-state index in [-0.39, 0.29) is 0 Å². The summed E-state index contributed by atoms with van der Waals surface area (Å²) in [4.78, 5) is 0. The summed E-state index contributed by atoms with van der Waals surface area (Å²) < 4.78 is 0. The van der Waals surface area contributed by atoms with Crippen LogP contribution in [-0.2, 0) is 0 Å². The topological polar surface area (TPSA) is 0 Å². The van der Waals surface area contributed by atoms with E-state index in [0.717, 1.165) is 5.92 Å². The average molecular weight is 245 g/mol. The fourth-order valence-corrected chi connectivity index (χ4v) is 3.26. The maximum absolute atomic E-state index is 6.28. The molecular formula is C15H29Cl. The van der Waals surface area contributed by atoms with Crippen LogP contribution in [0.3, 0.4) is 0 Å². The van der Waals surface area contributed by atoms with Gasteiger partial charge >= 0.3 is 0 Å². The quantitative estimate of drug-likeness (QED) is 0.349. The number of unbranched alkanes of at least 4 members (excludes halogenated alkanes) is 7. The minimum Gasteiger partial charge on any atom is -0.123 e. The molecule has 0 nitrogen and oxygen atoms in total. The van der Waals surface area contributed by atoms with Gasteiger partial charge in [0, 0.05) is 5.38 Å². The Kier molecular flexibility index (Phi) is 8.37. The van der Waals surface area contributed by atoms with Gasteiger partial charge in [-0.2, -0.15) is 0 Å². The van der Waals surface area contributed by atoms with Gasteiger partial charge in [0.05, 0.1) is 0 Å². The Balaban J connectivity index is 1.81. The first kappa shape index (κ1) is 14.4. The third kappa shape index (κ3) is 6.13. The van der Waals surface area contributed by atoms with E-state index >= 15 is 0 Å². The van der Waals surface area contributed by atoms with Crippen molar-refractivity contribution in [3.05, 3.63) is 0 Å². The Morgan fingerprint density at radius 1 is 0.875 bits per heavy atom. The summed E-state index contributed by atoms with van der Waals surface area (Å²) in [6.07, 6.45) is 16.9. The Morgan fingerprint density at radius 3 is 2.06 bits per heavy atom. The van der Waals surface area contributed by atoms with E-state index in [0.29, 0.717) is 5.38 Å². The Morgan fingerprint density at radius 2 is 1.50 bits per heavy atom. The molecule has 0 N–H and O–H groups in total. The average Bonchev–Trinajstić information content (AvgIpc) is 2.68. The second-order valence-electron chi connectivity index (χ2n) is 5.47. The molecular weight excluding hydrogens is 216 g/mol. The molecule has 16 heavy (non-hydrogen) atoms. The molecule has 0 amide bonds. The van der Waals surface area contributed by atoms with Gasteiger partial charge in [0.2, 0.25) is 0 Å². The number of hydrogen-bond acceptors (Lipinski definition) is 0. The van der Waals surface area contributed by atoms with Gasteiger partial charge in [-0.25, -0.2) is 0 Å². The Bertz CT molecular complexity index is 156. The highest BCUT2D eigenvalue weighted by atomic mass is 35.5. The van der Waals surface area contributed by atoms with Crippen molar-refractivity contribution >= 4 is 11.6 Å². The fourth-order valence-electron chi connectivity index (χ4n) is 2.86. The summed E-state index contributed by atoms with van der Waals surface area (Å²) in [7, 11) is 0. The minimum absolute atomic E-state index is 0.504. The third-order valence-corrected chi connectivity index (χ3v) is 4.57. The van der Waals surface area contributed by atoms with Gasteiger partial charge in [-0.3, -0.25) is 0 Å². The van der Waals surface area contributed by atoms with Gasteiger partial charge in [0.1, 0.15) is 0 Å². The molecule has 1 rings (SSSR count). The van der Waals surface area contributed by atoms with Gasteiger partial charge in [-0.15, -0.1) is 11.6 Å². The molecule has 0 saturated heterocycles. The van der Waals surface area contributed by atoms with Crippen LogP contribution in [0, 0.1) is 5.92 Å². The van der Waals surface area contributed by atoms with Crippen LogP contribution in [0.5, 0.6) is 0 Å². The molecule has 1 heteroatoms. The second-order valence-corrected chi connectivity index (χ2v) is 6.03. The lowest BCUT2D eigenvalue weighted by Gasteiger charge is -2.12. The molecule has 0 aromatic rings. The van der Waals surface area contributed by atoms with Crippen molar-refractivity contribution in [3.63, 3.8) is 0 Å². The number of alkyl halides is 1. The molecule has 1 saturated carbocycles. The summed E-state index contributed by atoms with van der Waals surface area (Å²) in [5.74, 6) is 0.849. The van der Waals surface area contributed by atoms with Crippen LogP contribution in [0.4, 0.5) is 0 Å². The zero-order chi connectivity index (χ0) is 11.6. The molecule has 0 radical (unpaired) electrons. The normalized spacial score (nSPS) is 25.1. The van der Waals surface area contributed by atoms with Crippen molar-refractivity contribution in [3.8, 4) is 0 Å². The summed E-state index contributed by atoms with van der Waals surface area (Å²) in [6, 6.07) is 0. The smallest absolute Gasteiger partial charge is 0.0364 e. The van der Waals surface area contributed by atoms with E-state index in [1.165, 1.54) is 77.0 Å². The second kappa shape index (κ2) is 9.33. The van der Waals surface area contributed by atoms with Crippen molar-refractivity contribution in [2.75, 3.05) is 0 Å². The maximum Gasteiger partial charge on any atom is 0.0364 e. The summed E-state index contributed by atoms with van der Waals surface area (Å²) in [5.41, 5.74) is 0. The molecule has 1 aliphatic rings. The van der Waals surface area contributed by atoms with Crippen LogP contribution in [-0.4, -0.2) is 5.38 Å². The molecule has 2 atom stereocenters. The number of rotatable bonds is 9. The van der Waals surface area contributed by atoms with Crippen LogP contribution in [0.15, 0.2) is 0 Å². The molecule has 0 aromatic carbocycles. The number of hydrogen-bond donors (Lipinski definition) is 0. The molecule has 2 unspecified atom stereocenters. The standard InChI is InChI=1S/C15H29Cl/c1-2-3-4-5-6-7-8-9-11-14-12-10-13-15(14)16/h14-15H,2-13H2,1H3. The van der Waals surface area contributed by atoms with E-state index < -0.39 is 0 Å². The lowest BCUT2D eigenvalue weighted by atomic mass is 9.98. The molecule has 1 fully saturated rings. The lowest BCUT2D eigenvalue weighted by Crippen LogP contribution is -2.06. The predicted octanol–water partition coefficient (Wildman–Crippen LogP) is 5.92. The van der Waals surface area contributed by atoms with Gasteiger partial charge in [-0.1, -0.05) is 64.7 Å². The van der Waals surface area contributed by atoms with Gasteiger partial charge in [0.15, 0.2) is 0 Å². The van der Waals surface area contributed by atoms with Crippen molar-refractivity contribution in [2.24, 2.45) is 5.92 Å². The van der Waals surface area contributed by atoms with Crippen LogP contribution < -0.4 is 0 Å². The van der Waals surface area contributed by atoms with E-state index in [9.17, 15) is 0 Å². The highest BCUT2D eigenvalue weighted by Gasteiger charge is 2.24. The lowest BCUT2D eigenvalue weighted by molar-refractivity contribution is 0.464. The third-order valence-electron chi connectivity index (χ3n) is 3.99. The predicted molar refractivity (Wildman–Crippen MR) is 74.2 cm³/mol. The van der Waals surface area contributed by atoms with E-state index in [1.54, 1.807) is 0 Å². The van der Waals surface area contributed by atoms with Crippen molar-refractivity contribution in [2.45, 2.75) is 89.4 Å². The highest BCUT2D eigenvalue weighted by Crippen LogP contribution is 2.33. The van der Waals surface area contributed by atoms with Gasteiger partial charge in [-0.05, 0) is 25.2 Å². The first-order chi connectivity index (χ1) is 7.84. The van der Waals surface area contributed by atoms with Crippen molar-refractivity contribution < 1.29 is 0 Å². The summed E-state index contributed by atoms with van der Waals surface area (Å²) in [5, 5.41) is 0.504. The maximum atomic E-state index is 6.28. The molecule has 1 aliphatic carbocycles. The van der Waals surface area contributed by atoms with E-state index in [1.807, 2.05) is 0 Å². The largest absolute Gasteiger partial charge is 0.123 e. The zero-order valence-electron chi connectivity index (χ0n) is 11.0. The van der Waals surface area contributed by atoms with Crippen LogP contribution in [0.25, 0.3) is 0 Å². The monoisotopic (exact) mass is 244 g/mol. The molecule has 0 spiro atoms. The van der Waals surface area contributed by atoms with Crippen LogP contribution in [0.2, 0.25) is 0 Å². The van der Waals surface area contributed by atoms with Gasteiger partial charge < -0.3 is 0 Å². The van der Waals surface area contributed by atoms with Crippen LogP contribution >= 0.6 is 11.6 Å². The molecule has 96 valence electrons. The Labute approximate surface area is 107 Å². The molecule has 0 heterocycles. The SMILES string of the molecule is CCCCCCCCCCC1CCCC1Cl. The van der Waals surface area contributed by atoms with Gasteiger partial charge in [0.25, 0.3) is 0 Å². The first-order valence-corrected chi connectivity index (χ1v) is 7.92. The van der Waals surface area contributed by atoms with Crippen molar-refractivity contribution in [1.29, 1.82) is 0 Å². The minimum atomic E-state index is 0.504. The molecule has 0 aliphatic heterocycles. The summed E-state index contributed by atoms with van der Waals surface area (Å²) >= 11 is 6.28. The van der Waals surface area contributed by atoms with Crippen molar-refractivity contribution in [1.82, 2.24) is 0 Å². The number of halogens is 1. The molecule has 0 bridgehead atoms.